The van der Waals surface area contributed by atoms with E-state index in [0.29, 0.717) is 17.0 Å². The first-order chi connectivity index (χ1) is 9.61. The molecule has 0 radical (unpaired) electrons. The molecule has 0 aliphatic carbocycles. The molecular weight excluding hydrogens is 261 g/mol. The highest BCUT2D eigenvalue weighted by molar-refractivity contribution is 5.94. The Balaban J connectivity index is 1.92. The second-order valence-electron chi connectivity index (χ2n) is 4.29. The van der Waals surface area contributed by atoms with E-state index < -0.39 is 5.97 Å². The van der Waals surface area contributed by atoms with E-state index in [4.69, 9.17) is 9.84 Å². The van der Waals surface area contributed by atoms with E-state index in [0.717, 1.165) is 5.39 Å². The summed E-state index contributed by atoms with van der Waals surface area (Å²) in [5.41, 5.74) is 0.841. The molecule has 100 valence electrons. The third-order valence-corrected chi connectivity index (χ3v) is 2.87. The molecule has 4 nitrogen and oxygen atoms in total. The average Bonchev–Trinajstić information content (AvgIpc) is 2.85. The number of carbonyl (C=O) groups is 1. The van der Waals surface area contributed by atoms with Gasteiger partial charge in [0, 0.05) is 10.9 Å². The van der Waals surface area contributed by atoms with Crippen molar-refractivity contribution in [3.05, 3.63) is 60.0 Å². The second-order valence-corrected chi connectivity index (χ2v) is 4.29. The smallest absolute Gasteiger partial charge is 0.352 e. The number of nitrogens with one attached hydrogen (secondary N) is 1. The van der Waals surface area contributed by atoms with Crippen LogP contribution in [0.1, 0.15) is 10.5 Å². The first-order valence-corrected chi connectivity index (χ1v) is 5.91. The van der Waals surface area contributed by atoms with Crippen LogP contribution in [0.3, 0.4) is 0 Å². The summed E-state index contributed by atoms with van der Waals surface area (Å²) in [6.07, 6.45) is 0. The van der Waals surface area contributed by atoms with Gasteiger partial charge < -0.3 is 14.8 Å². The number of aromatic amines is 1. The Morgan fingerprint density at radius 2 is 1.75 bits per heavy atom. The van der Waals surface area contributed by atoms with Crippen molar-refractivity contribution in [3.8, 4) is 11.5 Å². The van der Waals surface area contributed by atoms with E-state index in [2.05, 4.69) is 4.98 Å². The molecule has 0 saturated carbocycles. The molecule has 20 heavy (non-hydrogen) atoms. The Hall–Kier alpha value is -2.82. The highest BCUT2D eigenvalue weighted by Gasteiger charge is 2.08. The minimum Gasteiger partial charge on any atom is -0.477 e. The van der Waals surface area contributed by atoms with Crippen molar-refractivity contribution in [2.75, 3.05) is 0 Å². The number of hydrogen-bond acceptors (Lipinski definition) is 2. The zero-order chi connectivity index (χ0) is 14.1. The lowest BCUT2D eigenvalue weighted by Crippen LogP contribution is -1.94. The lowest BCUT2D eigenvalue weighted by molar-refractivity contribution is 0.0691. The maximum Gasteiger partial charge on any atom is 0.352 e. The van der Waals surface area contributed by atoms with Gasteiger partial charge in [-0.2, -0.15) is 0 Å². The molecule has 0 amide bonds. The lowest BCUT2D eigenvalue weighted by atomic mass is 10.2. The van der Waals surface area contributed by atoms with Crippen LogP contribution in [0.4, 0.5) is 4.39 Å². The van der Waals surface area contributed by atoms with Crippen LogP contribution >= 0.6 is 0 Å². The molecule has 2 aromatic carbocycles. The van der Waals surface area contributed by atoms with Gasteiger partial charge in [0.25, 0.3) is 0 Å². The zero-order valence-electron chi connectivity index (χ0n) is 10.3. The Kier molecular flexibility index (Phi) is 2.87. The minimum absolute atomic E-state index is 0.124. The average molecular weight is 271 g/mol. The second kappa shape index (κ2) is 4.70. The minimum atomic E-state index is -1.01. The number of fused-ring (bicyclic) bond motifs is 1. The number of ether oxygens (including phenoxy) is 1. The van der Waals surface area contributed by atoms with Crippen LogP contribution in [0.2, 0.25) is 0 Å². The van der Waals surface area contributed by atoms with Gasteiger partial charge in [-0.25, -0.2) is 9.18 Å². The Morgan fingerprint density at radius 1 is 1.05 bits per heavy atom. The summed E-state index contributed by atoms with van der Waals surface area (Å²) in [5.74, 6) is -0.272. The van der Waals surface area contributed by atoms with Crippen molar-refractivity contribution < 1.29 is 19.0 Å². The molecular formula is C15H10FNO3. The third kappa shape index (κ3) is 2.33. The van der Waals surface area contributed by atoms with Crippen LogP contribution in [0, 0.1) is 5.82 Å². The fraction of sp³-hybridized carbons (Fsp3) is 0. The summed E-state index contributed by atoms with van der Waals surface area (Å²) in [6.45, 7) is 0. The third-order valence-electron chi connectivity index (χ3n) is 2.87. The molecule has 0 saturated heterocycles. The molecule has 1 heterocycles. The fourth-order valence-corrected chi connectivity index (χ4v) is 1.93. The number of H-pyrrole nitrogens is 1. The maximum atomic E-state index is 12.8. The monoisotopic (exact) mass is 271 g/mol. The molecule has 0 aliphatic heterocycles. The number of aromatic nitrogens is 1. The van der Waals surface area contributed by atoms with E-state index in [1.807, 2.05) is 0 Å². The maximum absolute atomic E-state index is 12.8. The summed E-state index contributed by atoms with van der Waals surface area (Å²) >= 11 is 0. The first kappa shape index (κ1) is 12.2. The summed E-state index contributed by atoms with van der Waals surface area (Å²) in [5, 5.41) is 9.66. The number of hydrogen-bond donors (Lipinski definition) is 2. The normalized spacial score (nSPS) is 10.7. The summed E-state index contributed by atoms with van der Waals surface area (Å²) < 4.78 is 18.4. The van der Waals surface area contributed by atoms with Crippen LogP contribution < -0.4 is 4.74 Å². The van der Waals surface area contributed by atoms with Gasteiger partial charge in [0.05, 0.1) is 0 Å². The van der Waals surface area contributed by atoms with E-state index in [1.54, 1.807) is 18.2 Å². The predicted octanol–water partition coefficient (Wildman–Crippen LogP) is 3.80. The molecule has 5 heteroatoms. The molecule has 0 atom stereocenters. The van der Waals surface area contributed by atoms with Crippen molar-refractivity contribution >= 4 is 16.9 Å². The molecule has 0 unspecified atom stereocenters. The van der Waals surface area contributed by atoms with Gasteiger partial charge in [-0.15, -0.1) is 0 Å². The van der Waals surface area contributed by atoms with Gasteiger partial charge in [0.15, 0.2) is 0 Å². The van der Waals surface area contributed by atoms with Crippen molar-refractivity contribution in [1.29, 1.82) is 0 Å². The molecule has 0 fully saturated rings. The highest BCUT2D eigenvalue weighted by Crippen LogP contribution is 2.26. The molecule has 0 aliphatic rings. The number of rotatable bonds is 3. The largest absolute Gasteiger partial charge is 0.477 e. The molecule has 2 N–H and O–H groups in total. The number of halogens is 1. The lowest BCUT2D eigenvalue weighted by Gasteiger charge is -2.05. The van der Waals surface area contributed by atoms with E-state index in [9.17, 15) is 9.18 Å². The SMILES string of the molecule is O=C(O)c1cc2cc(Oc3ccc(F)cc3)ccc2[nH]1. The quantitative estimate of drug-likeness (QED) is 0.761. The van der Waals surface area contributed by atoms with Gasteiger partial charge in [0.2, 0.25) is 0 Å². The van der Waals surface area contributed by atoms with Crippen LogP contribution in [0.15, 0.2) is 48.5 Å². The molecule has 0 bridgehead atoms. The van der Waals surface area contributed by atoms with Crippen LogP contribution in [-0.4, -0.2) is 16.1 Å². The van der Waals surface area contributed by atoms with E-state index in [-0.39, 0.29) is 11.5 Å². The molecule has 1 aromatic heterocycles. The summed E-state index contributed by atoms with van der Waals surface area (Å²) in [6, 6.07) is 12.4. The van der Waals surface area contributed by atoms with E-state index >= 15 is 0 Å². The van der Waals surface area contributed by atoms with Gasteiger partial charge in [-0.3, -0.25) is 0 Å². The first-order valence-electron chi connectivity index (χ1n) is 5.91. The molecule has 3 rings (SSSR count). The van der Waals surface area contributed by atoms with Crippen LogP contribution in [0.5, 0.6) is 11.5 Å². The number of carboxylic acids is 1. The Labute approximate surface area is 113 Å². The van der Waals surface area contributed by atoms with Crippen molar-refractivity contribution in [3.63, 3.8) is 0 Å². The van der Waals surface area contributed by atoms with Gasteiger partial charge in [0.1, 0.15) is 23.0 Å². The summed E-state index contributed by atoms with van der Waals surface area (Å²) in [7, 11) is 0. The topological polar surface area (TPSA) is 62.3 Å². The standard InChI is InChI=1S/C15H10FNO3/c16-10-1-3-11(4-2-10)20-12-5-6-13-9(7-12)8-14(17-13)15(18)19/h1-8,17H,(H,18,19). The van der Waals surface area contributed by atoms with Crippen molar-refractivity contribution in [2.45, 2.75) is 0 Å². The van der Waals surface area contributed by atoms with Crippen LogP contribution in [-0.2, 0) is 0 Å². The molecule has 3 aromatic rings. The summed E-state index contributed by atoms with van der Waals surface area (Å²) in [4.78, 5) is 13.7. The highest BCUT2D eigenvalue weighted by atomic mass is 19.1. The number of benzene rings is 2. The van der Waals surface area contributed by atoms with E-state index in [1.165, 1.54) is 30.3 Å². The Morgan fingerprint density at radius 3 is 2.45 bits per heavy atom. The zero-order valence-corrected chi connectivity index (χ0v) is 10.3. The van der Waals surface area contributed by atoms with Gasteiger partial charge >= 0.3 is 5.97 Å². The number of aromatic carboxylic acids is 1. The van der Waals surface area contributed by atoms with Crippen molar-refractivity contribution in [1.82, 2.24) is 4.98 Å². The van der Waals surface area contributed by atoms with Gasteiger partial charge in [-0.1, -0.05) is 0 Å². The fourth-order valence-electron chi connectivity index (χ4n) is 1.93. The van der Waals surface area contributed by atoms with Gasteiger partial charge in [-0.05, 0) is 48.5 Å². The predicted molar refractivity (Wildman–Crippen MR) is 71.7 cm³/mol. The van der Waals surface area contributed by atoms with Crippen molar-refractivity contribution in [2.24, 2.45) is 0 Å². The number of carboxylic acid groups (broad SMARTS) is 1. The molecule has 0 spiro atoms. The van der Waals surface area contributed by atoms with Crippen LogP contribution in [0.25, 0.3) is 10.9 Å². The Bertz CT molecular complexity index is 777.